The average molecular weight is 1340 g/mol. The number of aromatic nitrogens is 1. The number of benzene rings is 1. The molecule has 9 aliphatic rings. The molecule has 1 aromatic carbocycles. The van der Waals surface area contributed by atoms with E-state index in [9.17, 15) is 30.0 Å². The maximum absolute atomic E-state index is 14.0. The molecule has 0 radical (unpaired) electrons. The summed E-state index contributed by atoms with van der Waals surface area (Å²) in [5.41, 5.74) is -6.17. The Hall–Kier alpha value is -3.97. The van der Waals surface area contributed by atoms with Crippen LogP contribution in [0.25, 0.3) is 6.08 Å². The molecule has 6 heterocycles. The first-order valence-corrected chi connectivity index (χ1v) is 34.1. The van der Waals surface area contributed by atoms with Crippen molar-refractivity contribution in [1.82, 2.24) is 4.98 Å². The highest BCUT2D eigenvalue weighted by Gasteiger charge is 2.81. The number of esters is 2. The van der Waals surface area contributed by atoms with Crippen LogP contribution in [0.5, 0.6) is 0 Å². The Bertz CT molecular complexity index is 2950. The zero-order valence-electron chi connectivity index (χ0n) is 57.3. The number of nitrogens with zero attached hydrogens (tertiary/aromatic N) is 1. The third-order valence-corrected chi connectivity index (χ3v) is 23.2. The Morgan fingerprint density at radius 1 is 0.611 bits per heavy atom. The summed E-state index contributed by atoms with van der Waals surface area (Å²) in [5.74, 6) is -2.02. The fourth-order valence-electron chi connectivity index (χ4n) is 17.6. The second-order valence-corrected chi connectivity index (χ2v) is 28.3. The molecule has 0 spiro atoms. The van der Waals surface area contributed by atoms with Gasteiger partial charge < -0.3 is 101 Å². The number of carbonyl (C=O) groups is 2. The normalized spacial score (nSPS) is 45.6. The average Bonchev–Trinajstić information content (AvgIpc) is 1.60. The van der Waals surface area contributed by atoms with E-state index in [1.54, 1.807) is 74.5 Å². The molecule has 11 rings (SSSR count). The molecular formula is C71H103NO23. The second kappa shape index (κ2) is 29.7. The summed E-state index contributed by atoms with van der Waals surface area (Å²) < 4.78 is 108. The lowest BCUT2D eigenvalue weighted by Crippen LogP contribution is -2.78. The van der Waals surface area contributed by atoms with Crippen LogP contribution in [0.3, 0.4) is 0 Å². The topological polar surface area (TPSA) is 285 Å². The number of methoxy groups -OCH3 is 5. The fourth-order valence-corrected chi connectivity index (χ4v) is 17.6. The summed E-state index contributed by atoms with van der Waals surface area (Å²) in [5, 5.41) is 50.4. The summed E-state index contributed by atoms with van der Waals surface area (Å²) in [6, 6.07) is 12.5. The highest BCUT2D eigenvalue weighted by molar-refractivity contribution is 5.89. The van der Waals surface area contributed by atoms with Gasteiger partial charge in [-0.1, -0.05) is 55.8 Å². The molecule has 95 heavy (non-hydrogen) atoms. The molecule has 8 fully saturated rings. The zero-order valence-corrected chi connectivity index (χ0v) is 57.3. The first-order chi connectivity index (χ1) is 45.3. The SMILES string of the molecule is COC1CC(OC2C(C)OC(OC3C(C)OC(OC4C(C)OC(OC5C(C)OC(OC6CCC7(C)C(=CCC8(O)C7CC(OC(=O)C=Cc7ccccc7)C7(C)C(O)(C(C)OC(=O)c9cccnc9)CCC87O)C6)CC5OC)CC4OC)CC3OC)CC2OC)OC(C)C1O. The van der Waals surface area contributed by atoms with E-state index >= 15 is 0 Å². The van der Waals surface area contributed by atoms with Crippen LogP contribution in [0.15, 0.2) is 72.6 Å². The van der Waals surface area contributed by atoms with Gasteiger partial charge in [0, 0.05) is 92.0 Å². The lowest BCUT2D eigenvalue weighted by atomic mass is 9.42. The van der Waals surface area contributed by atoms with E-state index in [1.165, 1.54) is 18.5 Å². The molecule has 3 saturated carbocycles. The van der Waals surface area contributed by atoms with E-state index < -0.39 is 175 Å². The van der Waals surface area contributed by atoms with E-state index in [0.717, 1.165) is 11.1 Å². The number of hydrogen-bond acceptors (Lipinski definition) is 24. The van der Waals surface area contributed by atoms with Crippen LogP contribution in [-0.4, -0.2) is 231 Å². The molecule has 4 aliphatic carbocycles. The molecule has 1 aromatic heterocycles. The number of rotatable bonds is 21. The van der Waals surface area contributed by atoms with Crippen LogP contribution in [0.1, 0.15) is 148 Å². The van der Waals surface area contributed by atoms with Crippen LogP contribution in [-0.2, 0) is 85.3 Å². The van der Waals surface area contributed by atoms with Gasteiger partial charge in [0.15, 0.2) is 31.5 Å². The van der Waals surface area contributed by atoms with Crippen molar-refractivity contribution in [3.8, 4) is 0 Å². The molecule has 29 unspecified atom stereocenters. The van der Waals surface area contributed by atoms with Crippen LogP contribution in [0, 0.1) is 16.7 Å². The van der Waals surface area contributed by atoms with Crippen LogP contribution in [0.2, 0.25) is 0 Å². The predicted octanol–water partition coefficient (Wildman–Crippen LogP) is 6.82. The van der Waals surface area contributed by atoms with Gasteiger partial charge in [0.2, 0.25) is 0 Å². The summed E-state index contributed by atoms with van der Waals surface area (Å²) in [7, 11) is 8.12. The highest BCUT2D eigenvalue weighted by Crippen LogP contribution is 2.71. The summed E-state index contributed by atoms with van der Waals surface area (Å²) in [6.45, 7) is 14.8. The summed E-state index contributed by atoms with van der Waals surface area (Å²) in [4.78, 5) is 31.6. The van der Waals surface area contributed by atoms with Crippen molar-refractivity contribution in [1.29, 1.82) is 0 Å². The van der Waals surface area contributed by atoms with Gasteiger partial charge >= 0.3 is 11.9 Å². The molecule has 5 aliphatic heterocycles. The third-order valence-electron chi connectivity index (χ3n) is 23.2. The summed E-state index contributed by atoms with van der Waals surface area (Å²) in [6.07, 6.45) is -1.74. The number of fused-ring (bicyclic) bond motifs is 5. The van der Waals surface area contributed by atoms with Gasteiger partial charge in [0.05, 0.1) is 78.1 Å². The van der Waals surface area contributed by atoms with E-state index in [1.807, 2.05) is 64.1 Å². The Morgan fingerprint density at radius 2 is 1.09 bits per heavy atom. The Labute approximate surface area is 558 Å². The molecule has 5 saturated heterocycles. The van der Waals surface area contributed by atoms with Crippen molar-refractivity contribution in [3.63, 3.8) is 0 Å². The Morgan fingerprint density at radius 3 is 1.58 bits per heavy atom. The largest absolute Gasteiger partial charge is 0.458 e. The standard InChI is InChI=1S/C71H103NO23/c1-38-61(74)48(79-9)31-57(84-38)92-63-40(3)86-59(33-50(63)81-11)94-65-42(5)88-60(35-52(65)83-13)95-64-41(4)87-58(34-51(64)82-12)93-62-39(2)85-56(32-49(62)80-10)90-47-24-25-67(7)46(30-47)23-26-70(77)53(67)36-54(91-55(73)22-21-44-18-15-14-16-19-44)68(8)69(76,27-28-71(68,70)78)43(6)89-66(75)45-20-17-29-72-37-45/h14-23,29,37-43,47-54,56-65,74,76-78H,24-28,30-36H2,1-13H3. The van der Waals surface area contributed by atoms with Gasteiger partial charge in [-0.05, 0) is 116 Å². The smallest absolute Gasteiger partial charge is 0.340 e. The van der Waals surface area contributed by atoms with E-state index in [4.69, 9.17) is 80.5 Å². The van der Waals surface area contributed by atoms with Crippen LogP contribution < -0.4 is 0 Å². The Balaban J connectivity index is 0.695. The maximum atomic E-state index is 14.0. The number of pyridine rings is 1. The van der Waals surface area contributed by atoms with Gasteiger partial charge in [-0.3, -0.25) is 4.98 Å². The molecule has 0 amide bonds. The number of hydrogen-bond donors (Lipinski definition) is 4. The molecule has 24 nitrogen and oxygen atoms in total. The molecule has 2 aromatic rings. The fraction of sp³-hybridized carbons (Fsp3) is 0.761. The lowest BCUT2D eigenvalue weighted by molar-refractivity contribution is -0.352. The maximum Gasteiger partial charge on any atom is 0.340 e. The van der Waals surface area contributed by atoms with Crippen molar-refractivity contribution < 1.29 is 111 Å². The van der Waals surface area contributed by atoms with Crippen molar-refractivity contribution in [2.75, 3.05) is 35.5 Å². The second-order valence-electron chi connectivity index (χ2n) is 28.3. The monoisotopic (exact) mass is 1340 g/mol. The van der Waals surface area contributed by atoms with E-state index in [0.29, 0.717) is 51.4 Å². The minimum absolute atomic E-state index is 0.0564. The van der Waals surface area contributed by atoms with Crippen molar-refractivity contribution in [2.45, 2.75) is 291 Å². The number of aliphatic hydroxyl groups is 4. The van der Waals surface area contributed by atoms with Gasteiger partial charge in [0.25, 0.3) is 0 Å². The van der Waals surface area contributed by atoms with Crippen LogP contribution in [0.4, 0.5) is 0 Å². The van der Waals surface area contributed by atoms with Gasteiger partial charge in [0.1, 0.15) is 59.5 Å². The van der Waals surface area contributed by atoms with Gasteiger partial charge in [-0.2, -0.15) is 0 Å². The Kier molecular flexibility index (Phi) is 22.6. The first-order valence-electron chi connectivity index (χ1n) is 34.1. The molecule has 29 atom stereocenters. The number of ether oxygens (including phenoxy) is 17. The quantitative estimate of drug-likeness (QED) is 0.0566. The molecular weight excluding hydrogens is 1230 g/mol. The van der Waals surface area contributed by atoms with E-state index in [2.05, 4.69) is 11.9 Å². The molecule has 0 bridgehead atoms. The van der Waals surface area contributed by atoms with Crippen molar-refractivity contribution in [3.05, 3.63) is 83.7 Å². The highest BCUT2D eigenvalue weighted by atomic mass is 16.8. The molecule has 530 valence electrons. The van der Waals surface area contributed by atoms with E-state index in [-0.39, 0.29) is 43.5 Å². The van der Waals surface area contributed by atoms with Gasteiger partial charge in [-0.15, -0.1) is 0 Å². The number of carbonyl (C=O) groups excluding carboxylic acids is 2. The molecule has 24 heteroatoms. The molecule has 4 N–H and O–H groups in total. The summed E-state index contributed by atoms with van der Waals surface area (Å²) >= 11 is 0. The minimum atomic E-state index is -2.02. The first kappa shape index (κ1) is 72.3. The lowest BCUT2D eigenvalue weighted by Gasteiger charge is -2.67. The zero-order chi connectivity index (χ0) is 67.9. The number of aliphatic hydroxyl groups excluding tert-OH is 1. The van der Waals surface area contributed by atoms with Crippen LogP contribution >= 0.6 is 0 Å². The predicted molar refractivity (Wildman–Crippen MR) is 339 cm³/mol. The van der Waals surface area contributed by atoms with Crippen molar-refractivity contribution >= 4 is 18.0 Å². The van der Waals surface area contributed by atoms with Gasteiger partial charge in [-0.25, -0.2) is 9.59 Å². The van der Waals surface area contributed by atoms with Crippen molar-refractivity contribution in [2.24, 2.45) is 16.7 Å². The third kappa shape index (κ3) is 14.0. The minimum Gasteiger partial charge on any atom is -0.458 e.